The highest BCUT2D eigenvalue weighted by Crippen LogP contribution is 2.56. The average molecular weight is 507 g/mol. The Balaban J connectivity index is 2.28. The largest absolute Gasteiger partial charge is 0.460 e. The minimum absolute atomic E-state index is 0.214. The molecule has 0 bridgehead atoms. The third kappa shape index (κ3) is 4.33. The second-order valence-corrected chi connectivity index (χ2v) is 9.95. The number of halogens is 9. The Labute approximate surface area is 176 Å². The van der Waals surface area contributed by atoms with E-state index in [9.17, 15) is 52.7 Å². The monoisotopic (exact) mass is 507 g/mol. The van der Waals surface area contributed by atoms with Crippen LogP contribution < -0.4 is 0 Å². The summed E-state index contributed by atoms with van der Waals surface area (Å²) in [4.78, 5) is 13.4. The van der Waals surface area contributed by atoms with E-state index in [1.807, 2.05) is 0 Å². The summed E-state index contributed by atoms with van der Waals surface area (Å²) in [6.07, 6.45) is -7.47. The Morgan fingerprint density at radius 3 is 1.88 bits per heavy atom. The Morgan fingerprint density at radius 1 is 0.969 bits per heavy atom. The summed E-state index contributed by atoms with van der Waals surface area (Å²) in [7, 11) is -7.02. The standard InChI is InChI=1S/C16H18F9NO5S/c1-11(2,3)30-10(27)26-7-4-9(8-12(26)5-6-12)31-32(28,29)16(24,25)14(19,20)13(17,18)15(21,22)23/h4H,5-8H2,1-3H3. The van der Waals surface area contributed by atoms with Crippen LogP contribution in [0.3, 0.4) is 0 Å². The van der Waals surface area contributed by atoms with E-state index in [4.69, 9.17) is 4.74 Å². The molecular weight excluding hydrogens is 489 g/mol. The lowest BCUT2D eigenvalue weighted by Crippen LogP contribution is -2.63. The predicted octanol–water partition coefficient (Wildman–Crippen LogP) is 4.82. The summed E-state index contributed by atoms with van der Waals surface area (Å²) in [6.45, 7) is 4.17. The van der Waals surface area contributed by atoms with Crippen molar-refractivity contribution >= 4 is 16.2 Å². The molecule has 0 saturated heterocycles. The number of hydrogen-bond acceptors (Lipinski definition) is 5. The summed E-state index contributed by atoms with van der Waals surface area (Å²) in [5.74, 6) is -15.7. The highest BCUT2D eigenvalue weighted by Gasteiger charge is 2.86. The maximum absolute atomic E-state index is 13.8. The first-order valence-electron chi connectivity index (χ1n) is 8.85. The Kier molecular flexibility index (Phi) is 6.03. The zero-order chi connectivity index (χ0) is 25.2. The summed E-state index contributed by atoms with van der Waals surface area (Å²) < 4.78 is 149. The molecule has 0 aromatic heterocycles. The van der Waals surface area contributed by atoms with Gasteiger partial charge in [0.25, 0.3) is 0 Å². The summed E-state index contributed by atoms with van der Waals surface area (Å²) >= 11 is 0. The lowest BCUT2D eigenvalue weighted by molar-refractivity contribution is -0.382. The Bertz CT molecular complexity index is 902. The number of hydrogen-bond donors (Lipinski definition) is 0. The topological polar surface area (TPSA) is 72.9 Å². The normalized spacial score (nSPS) is 20.1. The lowest BCUT2D eigenvalue weighted by atomic mass is 10.1. The van der Waals surface area contributed by atoms with E-state index in [1.165, 1.54) is 0 Å². The molecule has 0 aromatic rings. The van der Waals surface area contributed by atoms with Crippen molar-refractivity contribution in [1.29, 1.82) is 0 Å². The minimum Gasteiger partial charge on any atom is -0.444 e. The molecule has 1 aliphatic heterocycles. The molecule has 1 saturated carbocycles. The zero-order valence-electron chi connectivity index (χ0n) is 16.7. The van der Waals surface area contributed by atoms with E-state index in [0.29, 0.717) is 0 Å². The third-order valence-electron chi connectivity index (χ3n) is 4.67. The van der Waals surface area contributed by atoms with Crippen LogP contribution in [0.4, 0.5) is 44.3 Å². The van der Waals surface area contributed by atoms with Gasteiger partial charge in [0.05, 0.1) is 5.54 Å². The molecule has 1 heterocycles. The smallest absolute Gasteiger partial charge is 0.444 e. The molecule has 16 heteroatoms. The van der Waals surface area contributed by atoms with Crippen LogP contribution in [0.1, 0.15) is 40.0 Å². The molecule has 1 aliphatic carbocycles. The van der Waals surface area contributed by atoms with Gasteiger partial charge in [0.15, 0.2) is 0 Å². The van der Waals surface area contributed by atoms with E-state index in [0.717, 1.165) is 11.0 Å². The molecule has 2 rings (SSSR count). The van der Waals surface area contributed by atoms with Gasteiger partial charge < -0.3 is 8.92 Å². The zero-order valence-corrected chi connectivity index (χ0v) is 17.5. The maximum atomic E-state index is 13.8. The fraction of sp³-hybridized carbons (Fsp3) is 0.812. The number of amides is 1. The van der Waals surface area contributed by atoms with Crippen molar-refractivity contribution < 1.29 is 61.6 Å². The summed E-state index contributed by atoms with van der Waals surface area (Å²) in [5.41, 5.74) is -2.08. The second-order valence-electron chi connectivity index (χ2n) is 8.36. The molecule has 0 radical (unpaired) electrons. The lowest BCUT2D eigenvalue weighted by Gasteiger charge is -2.37. The van der Waals surface area contributed by atoms with Crippen molar-refractivity contribution in [3.05, 3.63) is 11.8 Å². The Hall–Kier alpha value is -1.87. The van der Waals surface area contributed by atoms with Gasteiger partial charge in [0.2, 0.25) is 0 Å². The van der Waals surface area contributed by atoms with E-state index in [-0.39, 0.29) is 12.8 Å². The molecule has 6 nitrogen and oxygen atoms in total. The number of nitrogens with zero attached hydrogens (tertiary/aromatic N) is 1. The number of alkyl halides is 9. The van der Waals surface area contributed by atoms with Crippen molar-refractivity contribution in [2.75, 3.05) is 6.54 Å². The number of rotatable bonds is 5. The Morgan fingerprint density at radius 2 is 1.47 bits per heavy atom. The van der Waals surface area contributed by atoms with Gasteiger partial charge >= 0.3 is 39.5 Å². The fourth-order valence-corrected chi connectivity index (χ4v) is 3.78. The minimum atomic E-state index is -7.38. The summed E-state index contributed by atoms with van der Waals surface area (Å²) in [5, 5.41) is -6.95. The van der Waals surface area contributed by atoms with Gasteiger partial charge in [-0.2, -0.15) is 47.9 Å². The SMILES string of the molecule is CC(C)(C)OC(=O)N1CC=C(OS(=O)(=O)C(F)(F)C(F)(F)C(F)(F)C(F)(F)F)CC12CC2. The molecule has 1 spiro atoms. The maximum Gasteiger partial charge on any atom is 0.460 e. The van der Waals surface area contributed by atoms with E-state index in [2.05, 4.69) is 4.18 Å². The number of carbonyl (C=O) groups is 1. The van der Waals surface area contributed by atoms with E-state index < -0.39 is 69.4 Å². The molecule has 1 amide bonds. The van der Waals surface area contributed by atoms with Crippen molar-refractivity contribution in [2.24, 2.45) is 0 Å². The van der Waals surface area contributed by atoms with Crippen LogP contribution in [0.15, 0.2) is 11.8 Å². The molecular formula is C16H18F9NO5S. The van der Waals surface area contributed by atoms with Crippen molar-refractivity contribution in [3.8, 4) is 0 Å². The van der Waals surface area contributed by atoms with Crippen molar-refractivity contribution in [1.82, 2.24) is 4.90 Å². The molecule has 1 fully saturated rings. The van der Waals surface area contributed by atoms with Crippen LogP contribution in [0, 0.1) is 0 Å². The fourth-order valence-electron chi connectivity index (χ4n) is 2.83. The second kappa shape index (κ2) is 7.32. The quantitative estimate of drug-likeness (QED) is 0.394. The number of ether oxygens (including phenoxy) is 1. The first-order valence-corrected chi connectivity index (χ1v) is 10.3. The van der Waals surface area contributed by atoms with Crippen molar-refractivity contribution in [3.63, 3.8) is 0 Å². The van der Waals surface area contributed by atoms with Gasteiger partial charge in [0, 0.05) is 13.0 Å². The molecule has 0 unspecified atom stereocenters. The highest BCUT2D eigenvalue weighted by atomic mass is 32.2. The van der Waals surface area contributed by atoms with Crippen LogP contribution in [-0.2, 0) is 19.0 Å². The van der Waals surface area contributed by atoms with Gasteiger partial charge in [-0.3, -0.25) is 4.90 Å². The van der Waals surface area contributed by atoms with Crippen LogP contribution in [-0.4, -0.2) is 60.4 Å². The predicted molar refractivity (Wildman–Crippen MR) is 88.5 cm³/mol. The third-order valence-corrected chi connectivity index (χ3v) is 5.98. The summed E-state index contributed by atoms with van der Waals surface area (Å²) in [6, 6.07) is 0. The van der Waals surface area contributed by atoms with Crippen LogP contribution in [0.2, 0.25) is 0 Å². The van der Waals surface area contributed by atoms with Crippen LogP contribution >= 0.6 is 0 Å². The van der Waals surface area contributed by atoms with Crippen LogP contribution in [0.25, 0.3) is 0 Å². The molecule has 0 aromatic carbocycles. The molecule has 0 atom stereocenters. The molecule has 186 valence electrons. The molecule has 2 aliphatic rings. The molecule has 32 heavy (non-hydrogen) atoms. The highest BCUT2D eigenvalue weighted by molar-refractivity contribution is 7.88. The van der Waals surface area contributed by atoms with Crippen molar-refractivity contribution in [2.45, 2.75) is 74.4 Å². The number of carbonyl (C=O) groups excluding carboxylic acids is 1. The first kappa shape index (κ1) is 26.4. The van der Waals surface area contributed by atoms with Gasteiger partial charge in [-0.25, -0.2) is 4.79 Å². The van der Waals surface area contributed by atoms with E-state index in [1.54, 1.807) is 20.8 Å². The van der Waals surface area contributed by atoms with Gasteiger partial charge in [-0.15, -0.1) is 0 Å². The van der Waals surface area contributed by atoms with Gasteiger partial charge in [0.1, 0.15) is 11.4 Å². The van der Waals surface area contributed by atoms with Gasteiger partial charge in [-0.05, 0) is 39.7 Å². The average Bonchev–Trinajstić information content (AvgIpc) is 3.30. The van der Waals surface area contributed by atoms with Gasteiger partial charge in [-0.1, -0.05) is 0 Å². The first-order chi connectivity index (χ1) is 14.0. The molecule has 0 N–H and O–H groups in total. The van der Waals surface area contributed by atoms with E-state index >= 15 is 0 Å². The van der Waals surface area contributed by atoms with Crippen LogP contribution in [0.5, 0.6) is 0 Å².